The highest BCUT2D eigenvalue weighted by Crippen LogP contribution is 2.20. The molecule has 7 heteroatoms. The second-order valence-electron chi connectivity index (χ2n) is 4.05. The zero-order valence-corrected chi connectivity index (χ0v) is 12.6. The second kappa shape index (κ2) is 7.96. The number of nitrogens with two attached hydrogens (primary N) is 1. The predicted octanol–water partition coefficient (Wildman–Crippen LogP) is 1.50. The van der Waals surface area contributed by atoms with Gasteiger partial charge in [0.1, 0.15) is 23.1 Å². The van der Waals surface area contributed by atoms with Crippen molar-refractivity contribution in [3.05, 3.63) is 23.2 Å². The average molecular weight is 301 g/mol. The number of methoxy groups -OCH3 is 1. The van der Waals surface area contributed by atoms with Gasteiger partial charge < -0.3 is 19.6 Å². The van der Waals surface area contributed by atoms with E-state index in [9.17, 15) is 9.59 Å². The number of ether oxygens (including phenoxy) is 2. The topological polar surface area (TPSA) is 91.8 Å². The van der Waals surface area contributed by atoms with Gasteiger partial charge in [-0.3, -0.25) is 4.79 Å². The molecule has 1 aromatic rings. The molecule has 0 fully saturated rings. The summed E-state index contributed by atoms with van der Waals surface area (Å²) in [5.41, 5.74) is 6.09. The Balaban J connectivity index is 2.47. The van der Waals surface area contributed by atoms with Crippen LogP contribution in [0.5, 0.6) is 0 Å². The fraction of sp³-hybridized carbons (Fsp3) is 0.538. The van der Waals surface area contributed by atoms with E-state index in [4.69, 9.17) is 14.9 Å². The molecular formula is C13H19NO5S. The molecule has 0 aliphatic rings. The minimum absolute atomic E-state index is 0.317. The highest BCUT2D eigenvalue weighted by molar-refractivity contribution is 7.98. The van der Waals surface area contributed by atoms with Gasteiger partial charge in [0.2, 0.25) is 0 Å². The van der Waals surface area contributed by atoms with Crippen LogP contribution in [0.2, 0.25) is 0 Å². The summed E-state index contributed by atoms with van der Waals surface area (Å²) in [6, 6.07) is 0.987. The van der Waals surface area contributed by atoms with Crippen molar-refractivity contribution in [2.24, 2.45) is 5.73 Å². The van der Waals surface area contributed by atoms with E-state index < -0.39 is 18.0 Å². The minimum atomic E-state index is -0.656. The molecule has 0 saturated heterocycles. The van der Waals surface area contributed by atoms with Gasteiger partial charge in [-0.25, -0.2) is 4.79 Å². The summed E-state index contributed by atoms with van der Waals surface area (Å²) in [5, 5.41) is 0. The maximum Gasteiger partial charge on any atom is 0.341 e. The molecule has 1 heterocycles. The molecule has 0 aliphatic carbocycles. The lowest BCUT2D eigenvalue weighted by Crippen LogP contribution is -2.34. The van der Waals surface area contributed by atoms with Gasteiger partial charge in [-0.1, -0.05) is 0 Å². The third-order valence-corrected chi connectivity index (χ3v) is 3.59. The predicted molar refractivity (Wildman–Crippen MR) is 75.6 cm³/mol. The van der Waals surface area contributed by atoms with Crippen LogP contribution in [-0.4, -0.2) is 37.4 Å². The number of aryl methyl sites for hydroxylation is 1. The summed E-state index contributed by atoms with van der Waals surface area (Å²) < 4.78 is 14.9. The molecule has 0 aliphatic heterocycles. The highest BCUT2D eigenvalue weighted by atomic mass is 32.2. The standard InChI is InChI=1S/C13H19NO5S/c1-4-18-13(16)11(14)7-20-6-9-5-10(8(2)19-9)12(15)17-3/h5,11H,4,6-7,14H2,1-3H3. The van der Waals surface area contributed by atoms with Crippen molar-refractivity contribution in [3.63, 3.8) is 0 Å². The Bertz CT molecular complexity index is 471. The number of furan rings is 1. The Hall–Kier alpha value is -1.47. The summed E-state index contributed by atoms with van der Waals surface area (Å²) >= 11 is 1.44. The normalized spacial score (nSPS) is 12.0. The number of thioether (sulfide) groups is 1. The number of esters is 2. The molecule has 1 rings (SSSR count). The second-order valence-corrected chi connectivity index (χ2v) is 5.08. The van der Waals surface area contributed by atoms with Gasteiger partial charge in [-0.15, -0.1) is 0 Å². The van der Waals surface area contributed by atoms with E-state index in [1.807, 2.05) is 0 Å². The average Bonchev–Trinajstić information content (AvgIpc) is 2.79. The number of carbonyl (C=O) groups excluding carboxylic acids is 2. The molecule has 0 radical (unpaired) electrons. The largest absolute Gasteiger partial charge is 0.465 e. The van der Waals surface area contributed by atoms with Gasteiger partial charge in [-0.2, -0.15) is 11.8 Å². The van der Waals surface area contributed by atoms with E-state index in [2.05, 4.69) is 4.74 Å². The summed E-state index contributed by atoms with van der Waals surface area (Å²) in [4.78, 5) is 22.7. The summed E-state index contributed by atoms with van der Waals surface area (Å²) in [7, 11) is 1.32. The van der Waals surface area contributed by atoms with Crippen molar-refractivity contribution >= 4 is 23.7 Å². The maximum absolute atomic E-state index is 11.4. The molecule has 0 aromatic carbocycles. The van der Waals surface area contributed by atoms with Gasteiger partial charge >= 0.3 is 11.9 Å². The third kappa shape index (κ3) is 4.57. The Morgan fingerprint density at radius 1 is 1.50 bits per heavy atom. The lowest BCUT2D eigenvalue weighted by molar-refractivity contribution is -0.144. The van der Waals surface area contributed by atoms with Crippen LogP contribution in [0.15, 0.2) is 10.5 Å². The molecule has 20 heavy (non-hydrogen) atoms. The lowest BCUT2D eigenvalue weighted by Gasteiger charge is -2.09. The number of hydrogen-bond acceptors (Lipinski definition) is 7. The molecule has 0 amide bonds. The Morgan fingerprint density at radius 3 is 2.80 bits per heavy atom. The third-order valence-electron chi connectivity index (χ3n) is 2.51. The fourth-order valence-electron chi connectivity index (χ4n) is 1.53. The molecule has 2 N–H and O–H groups in total. The molecule has 112 valence electrons. The van der Waals surface area contributed by atoms with E-state index in [0.29, 0.717) is 35.2 Å². The zero-order valence-electron chi connectivity index (χ0n) is 11.8. The van der Waals surface area contributed by atoms with Gasteiger partial charge in [0, 0.05) is 5.75 Å². The maximum atomic E-state index is 11.4. The van der Waals surface area contributed by atoms with E-state index in [0.717, 1.165) is 0 Å². The summed E-state index contributed by atoms with van der Waals surface area (Å²) in [6.07, 6.45) is 0. The van der Waals surface area contributed by atoms with Gasteiger partial charge in [0.25, 0.3) is 0 Å². The zero-order chi connectivity index (χ0) is 15.1. The SMILES string of the molecule is CCOC(=O)C(N)CSCc1cc(C(=O)OC)c(C)o1. The van der Waals surface area contributed by atoms with Crippen LogP contribution in [0.4, 0.5) is 0 Å². The molecule has 1 unspecified atom stereocenters. The molecular weight excluding hydrogens is 282 g/mol. The molecule has 0 bridgehead atoms. The van der Waals surface area contributed by atoms with Crippen LogP contribution in [0.25, 0.3) is 0 Å². The molecule has 1 aromatic heterocycles. The van der Waals surface area contributed by atoms with E-state index >= 15 is 0 Å². The number of hydrogen-bond donors (Lipinski definition) is 1. The van der Waals surface area contributed by atoms with Gasteiger partial charge in [-0.05, 0) is 19.9 Å². The molecule has 0 saturated carbocycles. The van der Waals surface area contributed by atoms with Crippen LogP contribution in [0.3, 0.4) is 0 Å². The monoisotopic (exact) mass is 301 g/mol. The first kappa shape index (κ1) is 16.6. The quantitative estimate of drug-likeness (QED) is 0.763. The van der Waals surface area contributed by atoms with Crippen molar-refractivity contribution in [3.8, 4) is 0 Å². The highest BCUT2D eigenvalue weighted by Gasteiger charge is 2.17. The van der Waals surface area contributed by atoms with E-state index in [1.54, 1.807) is 19.9 Å². The fourth-order valence-corrected chi connectivity index (χ4v) is 2.38. The smallest absolute Gasteiger partial charge is 0.341 e. The Labute approximate surface area is 122 Å². The van der Waals surface area contributed by atoms with Crippen LogP contribution in [-0.2, 0) is 20.0 Å². The lowest BCUT2D eigenvalue weighted by atomic mass is 10.2. The van der Waals surface area contributed by atoms with Crippen LogP contribution < -0.4 is 5.73 Å². The molecule has 6 nitrogen and oxygen atoms in total. The molecule has 0 spiro atoms. The van der Waals surface area contributed by atoms with E-state index in [-0.39, 0.29) is 0 Å². The summed E-state index contributed by atoms with van der Waals surface area (Å²) in [5.74, 6) is 1.26. The Kier molecular flexibility index (Phi) is 6.60. The first-order valence-corrected chi connectivity index (χ1v) is 7.32. The van der Waals surface area contributed by atoms with Crippen molar-refractivity contribution in [1.29, 1.82) is 0 Å². The number of rotatable bonds is 7. The van der Waals surface area contributed by atoms with Crippen molar-refractivity contribution in [1.82, 2.24) is 0 Å². The molecule has 1 atom stereocenters. The van der Waals surface area contributed by atoms with Crippen molar-refractivity contribution in [2.45, 2.75) is 25.6 Å². The summed E-state index contributed by atoms with van der Waals surface area (Å²) in [6.45, 7) is 3.75. The first-order valence-electron chi connectivity index (χ1n) is 6.17. The van der Waals surface area contributed by atoms with Gasteiger partial charge in [0.05, 0.1) is 19.5 Å². The first-order chi connectivity index (χ1) is 9.49. The van der Waals surface area contributed by atoms with Crippen LogP contribution in [0.1, 0.15) is 28.8 Å². The van der Waals surface area contributed by atoms with Crippen molar-refractivity contribution in [2.75, 3.05) is 19.5 Å². The van der Waals surface area contributed by atoms with Crippen LogP contribution >= 0.6 is 11.8 Å². The van der Waals surface area contributed by atoms with Gasteiger partial charge in [0.15, 0.2) is 0 Å². The van der Waals surface area contributed by atoms with E-state index in [1.165, 1.54) is 18.9 Å². The van der Waals surface area contributed by atoms with Crippen LogP contribution in [0, 0.1) is 6.92 Å². The minimum Gasteiger partial charge on any atom is -0.465 e. The Morgan fingerprint density at radius 2 is 2.20 bits per heavy atom. The number of carbonyl (C=O) groups is 2. The van der Waals surface area contributed by atoms with Crippen molar-refractivity contribution < 1.29 is 23.5 Å².